The molecule has 1 aliphatic carbocycles. The Morgan fingerprint density at radius 2 is 1.32 bits per heavy atom. The van der Waals surface area contributed by atoms with Crippen LogP contribution in [-0.2, 0) is 23.7 Å². The van der Waals surface area contributed by atoms with Gasteiger partial charge >= 0.3 is 12.4 Å². The zero-order valence-corrected chi connectivity index (χ0v) is 23.1. The fourth-order valence-corrected chi connectivity index (χ4v) is 5.01. The number of hydrogen-bond acceptors (Lipinski definition) is 13. The van der Waals surface area contributed by atoms with Gasteiger partial charge in [-0.1, -0.05) is 13.0 Å². The Bertz CT molecular complexity index is 982. The van der Waals surface area contributed by atoms with E-state index < -0.39 is 136 Å². The van der Waals surface area contributed by atoms with Gasteiger partial charge in [-0.15, -0.1) is 0 Å². The number of rotatable bonds is 11. The largest absolute Gasteiger partial charge is 0.416 e. The van der Waals surface area contributed by atoms with Gasteiger partial charge in [0.05, 0.1) is 44.5 Å². The number of ether oxygens (including phenoxy) is 5. The van der Waals surface area contributed by atoms with E-state index in [2.05, 4.69) is 0 Å². The monoisotopic (exact) mass is 658 g/mol. The van der Waals surface area contributed by atoms with Crippen molar-refractivity contribution in [3.05, 3.63) is 23.3 Å². The molecule has 2 fully saturated rings. The Morgan fingerprint density at radius 3 is 1.86 bits per heavy atom. The first-order valence-corrected chi connectivity index (χ1v) is 13.4. The Morgan fingerprint density at radius 1 is 0.773 bits per heavy atom. The fourth-order valence-electron chi connectivity index (χ4n) is 5.01. The summed E-state index contributed by atoms with van der Waals surface area (Å²) in [5.74, 6) is -3.99. The van der Waals surface area contributed by atoms with E-state index in [1.54, 1.807) is 0 Å². The highest BCUT2D eigenvalue weighted by molar-refractivity contribution is 5.35. The smallest absolute Gasteiger partial charge is 0.394 e. The maximum Gasteiger partial charge on any atom is 0.416 e. The van der Waals surface area contributed by atoms with Crippen molar-refractivity contribution in [2.45, 2.75) is 86.8 Å². The summed E-state index contributed by atoms with van der Waals surface area (Å²) in [6.45, 7) is -2.77. The van der Waals surface area contributed by atoms with Crippen molar-refractivity contribution >= 4 is 0 Å². The summed E-state index contributed by atoms with van der Waals surface area (Å²) in [7, 11) is 0. The van der Waals surface area contributed by atoms with Crippen LogP contribution < -0.4 is 0 Å². The summed E-state index contributed by atoms with van der Waals surface area (Å²) in [6, 6.07) is 0. The maximum absolute atomic E-state index is 13.6. The van der Waals surface area contributed by atoms with E-state index in [-0.39, 0.29) is 6.08 Å². The molecule has 0 aromatic heterocycles. The zero-order valence-electron chi connectivity index (χ0n) is 23.1. The van der Waals surface area contributed by atoms with Crippen LogP contribution in [0.3, 0.4) is 0 Å². The van der Waals surface area contributed by atoms with Gasteiger partial charge in [-0.2, -0.15) is 26.3 Å². The number of aliphatic hydroxyl groups excluding tert-OH is 8. The molecule has 3 aliphatic rings. The molecule has 0 radical (unpaired) electrons. The molecular formula is C25H36F6O13. The van der Waals surface area contributed by atoms with Crippen LogP contribution in [0.1, 0.15) is 6.92 Å². The summed E-state index contributed by atoms with van der Waals surface area (Å²) < 4.78 is 108. The molecule has 2 saturated heterocycles. The van der Waals surface area contributed by atoms with Crippen LogP contribution >= 0.6 is 0 Å². The minimum atomic E-state index is -5.11. The molecule has 2 aliphatic heterocycles. The minimum absolute atomic E-state index is 0.0773. The summed E-state index contributed by atoms with van der Waals surface area (Å²) in [6.07, 6.45) is -28.0. The zero-order chi connectivity index (χ0) is 33.1. The van der Waals surface area contributed by atoms with Crippen molar-refractivity contribution in [2.75, 3.05) is 33.0 Å². The average Bonchev–Trinajstić information content (AvgIpc) is 2.94. The highest BCUT2D eigenvalue weighted by Crippen LogP contribution is 2.43. The van der Waals surface area contributed by atoms with Gasteiger partial charge in [0.25, 0.3) is 0 Å². The van der Waals surface area contributed by atoms with Gasteiger partial charge in [0.2, 0.25) is 0 Å². The number of aliphatic hydroxyl groups is 8. The first-order valence-electron chi connectivity index (χ1n) is 13.4. The molecule has 0 saturated carbocycles. The van der Waals surface area contributed by atoms with E-state index in [9.17, 15) is 67.2 Å². The SMILES string of the molecule is CC1C(COC(COC2C(CO)OC(O)C(O)C2O)COC2C(O)C(O)OC(CO)C2O)=CC(C(F)(F)F)=CC1C(F)(F)F. The standard InChI is InChI=1S/C25H36F6O13/c1-9-10(2-11(24(26,27)28)3-13(9)25(29,30)31)6-40-12(7-41-20-15(5-33)44-22(38)18(36)17(20)35)8-42-21-16(34)14(4-32)43-23(39)19(21)37/h2-3,9,12-23,32-39H,4-8H2,1H3. The van der Waals surface area contributed by atoms with Crippen molar-refractivity contribution in [1.29, 1.82) is 0 Å². The molecule has 0 aromatic rings. The van der Waals surface area contributed by atoms with E-state index in [0.29, 0.717) is 6.08 Å². The molecular weight excluding hydrogens is 622 g/mol. The molecule has 0 amide bonds. The summed E-state index contributed by atoms with van der Waals surface area (Å²) in [5, 5.41) is 79.4. The van der Waals surface area contributed by atoms with Gasteiger partial charge in [0.15, 0.2) is 12.6 Å². The van der Waals surface area contributed by atoms with Crippen LogP contribution in [0.5, 0.6) is 0 Å². The molecule has 13 nitrogen and oxygen atoms in total. The van der Waals surface area contributed by atoms with Gasteiger partial charge < -0.3 is 64.5 Å². The Balaban J connectivity index is 1.82. The quantitative estimate of drug-likeness (QED) is 0.116. The third-order valence-electron chi connectivity index (χ3n) is 7.64. The Labute approximate surface area is 246 Å². The lowest BCUT2D eigenvalue weighted by Crippen LogP contribution is -2.60. The predicted octanol–water partition coefficient (Wildman–Crippen LogP) is -1.75. The van der Waals surface area contributed by atoms with Crippen molar-refractivity contribution in [3.63, 3.8) is 0 Å². The normalized spacial score (nSPS) is 39.5. The van der Waals surface area contributed by atoms with Crippen LogP contribution in [0.4, 0.5) is 26.3 Å². The summed E-state index contributed by atoms with van der Waals surface area (Å²) >= 11 is 0. The second-order valence-corrected chi connectivity index (χ2v) is 10.7. The second-order valence-electron chi connectivity index (χ2n) is 10.7. The predicted molar refractivity (Wildman–Crippen MR) is 130 cm³/mol. The maximum atomic E-state index is 13.6. The van der Waals surface area contributed by atoms with Gasteiger partial charge in [-0.05, 0) is 17.6 Å². The van der Waals surface area contributed by atoms with Crippen LogP contribution in [0, 0.1) is 11.8 Å². The first kappa shape index (κ1) is 37.0. The van der Waals surface area contributed by atoms with E-state index in [4.69, 9.17) is 23.7 Å². The number of alkyl halides is 6. The van der Waals surface area contributed by atoms with Crippen LogP contribution in [0.2, 0.25) is 0 Å². The van der Waals surface area contributed by atoms with Crippen LogP contribution in [0.15, 0.2) is 23.3 Å². The highest BCUT2D eigenvalue weighted by atomic mass is 19.4. The number of halogens is 6. The molecule has 0 aromatic carbocycles. The third-order valence-corrected chi connectivity index (χ3v) is 7.64. The van der Waals surface area contributed by atoms with Crippen LogP contribution in [-0.4, -0.2) is 154 Å². The first-order chi connectivity index (χ1) is 20.4. The lowest BCUT2D eigenvalue weighted by atomic mass is 9.80. The molecule has 3 rings (SSSR count). The highest BCUT2D eigenvalue weighted by Gasteiger charge is 2.49. The molecule has 44 heavy (non-hydrogen) atoms. The van der Waals surface area contributed by atoms with Gasteiger partial charge in [-0.25, -0.2) is 0 Å². The lowest BCUT2D eigenvalue weighted by molar-refractivity contribution is -0.303. The molecule has 256 valence electrons. The van der Waals surface area contributed by atoms with Crippen molar-refractivity contribution in [2.24, 2.45) is 11.8 Å². The summed E-state index contributed by atoms with van der Waals surface area (Å²) in [4.78, 5) is 0. The van der Waals surface area contributed by atoms with E-state index in [1.807, 2.05) is 0 Å². The lowest BCUT2D eigenvalue weighted by Gasteiger charge is -2.41. The van der Waals surface area contributed by atoms with Crippen molar-refractivity contribution in [3.8, 4) is 0 Å². The van der Waals surface area contributed by atoms with Gasteiger partial charge in [0, 0.05) is 0 Å². The third kappa shape index (κ3) is 8.66. The minimum Gasteiger partial charge on any atom is -0.394 e. The molecule has 0 spiro atoms. The van der Waals surface area contributed by atoms with E-state index in [0.717, 1.165) is 6.92 Å². The molecule has 13 atom stereocenters. The Kier molecular flexibility index (Phi) is 12.6. The van der Waals surface area contributed by atoms with Crippen molar-refractivity contribution in [1.82, 2.24) is 0 Å². The number of allylic oxidation sites excluding steroid dienone is 3. The van der Waals surface area contributed by atoms with Gasteiger partial charge in [0.1, 0.15) is 54.9 Å². The Hall–Kier alpha value is -1.46. The van der Waals surface area contributed by atoms with E-state index in [1.165, 1.54) is 0 Å². The second kappa shape index (κ2) is 15.0. The molecule has 2 heterocycles. The topological polar surface area (TPSA) is 208 Å². The summed E-state index contributed by atoms with van der Waals surface area (Å²) in [5.41, 5.74) is -1.94. The van der Waals surface area contributed by atoms with Crippen LogP contribution in [0.25, 0.3) is 0 Å². The molecule has 8 N–H and O–H groups in total. The van der Waals surface area contributed by atoms with Crippen molar-refractivity contribution < 1.29 is 90.9 Å². The molecule has 0 bridgehead atoms. The van der Waals surface area contributed by atoms with Gasteiger partial charge in [-0.3, -0.25) is 0 Å². The molecule has 19 heteroatoms. The van der Waals surface area contributed by atoms with E-state index >= 15 is 0 Å². The fraction of sp³-hybridized carbons (Fsp3) is 0.840. The number of hydrogen-bond donors (Lipinski definition) is 8. The molecule has 13 unspecified atom stereocenters. The average molecular weight is 659 g/mol.